The lowest BCUT2D eigenvalue weighted by molar-refractivity contribution is -0.140. The minimum atomic E-state index is -4.49. The van der Waals surface area contributed by atoms with E-state index in [1.165, 1.54) is 41.2 Å². The maximum atomic E-state index is 12.9. The van der Waals surface area contributed by atoms with Crippen molar-refractivity contribution in [2.24, 2.45) is 0 Å². The van der Waals surface area contributed by atoms with Crippen LogP contribution in [-0.2, 0) is 6.18 Å². The predicted octanol–water partition coefficient (Wildman–Crippen LogP) is 3.58. The largest absolute Gasteiger partial charge is 0.433 e. The minimum absolute atomic E-state index is 0.129. The molecular formula is C13H7F4N3. The van der Waals surface area contributed by atoms with E-state index in [1.807, 2.05) is 0 Å². The molecule has 0 unspecified atom stereocenters. The van der Waals surface area contributed by atoms with Crippen LogP contribution >= 0.6 is 0 Å². The summed E-state index contributed by atoms with van der Waals surface area (Å²) in [6.45, 7) is 0. The molecule has 3 rings (SSSR count). The standard InChI is InChI=1S/C13H7F4N3/c14-8-1-3-9(4-2-8)20-11-5-6-12(13(15,16)17)19-10(11)7-18-20/h1-7H. The molecule has 0 N–H and O–H groups in total. The van der Waals surface area contributed by atoms with E-state index in [0.717, 1.165) is 6.07 Å². The molecule has 0 atom stereocenters. The van der Waals surface area contributed by atoms with Gasteiger partial charge in [0.05, 0.1) is 17.4 Å². The van der Waals surface area contributed by atoms with Crippen LogP contribution in [-0.4, -0.2) is 14.8 Å². The Bertz CT molecular complexity index is 759. The Kier molecular flexibility index (Phi) is 2.70. The third-order valence-electron chi connectivity index (χ3n) is 2.79. The number of nitrogens with zero attached hydrogens (tertiary/aromatic N) is 3. The molecule has 1 aromatic carbocycles. The van der Waals surface area contributed by atoms with Gasteiger partial charge in [-0.25, -0.2) is 14.1 Å². The fourth-order valence-corrected chi connectivity index (χ4v) is 1.86. The second kappa shape index (κ2) is 4.29. The topological polar surface area (TPSA) is 30.7 Å². The molecule has 0 radical (unpaired) electrons. The minimum Gasteiger partial charge on any atom is -0.240 e. The monoisotopic (exact) mass is 281 g/mol. The second-order valence-electron chi connectivity index (χ2n) is 4.13. The fraction of sp³-hybridized carbons (Fsp3) is 0.0769. The van der Waals surface area contributed by atoms with Gasteiger partial charge in [0.2, 0.25) is 0 Å². The average molecular weight is 281 g/mol. The van der Waals surface area contributed by atoms with Gasteiger partial charge in [0.25, 0.3) is 0 Å². The zero-order valence-electron chi connectivity index (χ0n) is 9.89. The van der Waals surface area contributed by atoms with Crippen molar-refractivity contribution in [1.29, 1.82) is 0 Å². The van der Waals surface area contributed by atoms with Gasteiger partial charge in [0.15, 0.2) is 0 Å². The van der Waals surface area contributed by atoms with Gasteiger partial charge in [-0.05, 0) is 36.4 Å². The van der Waals surface area contributed by atoms with Crippen LogP contribution in [0.4, 0.5) is 17.6 Å². The van der Waals surface area contributed by atoms with E-state index in [2.05, 4.69) is 10.1 Å². The van der Waals surface area contributed by atoms with Gasteiger partial charge >= 0.3 is 6.18 Å². The van der Waals surface area contributed by atoms with E-state index in [4.69, 9.17) is 0 Å². The number of fused-ring (bicyclic) bond motifs is 1. The number of pyridine rings is 1. The highest BCUT2D eigenvalue weighted by Crippen LogP contribution is 2.29. The molecule has 0 fully saturated rings. The summed E-state index contributed by atoms with van der Waals surface area (Å²) >= 11 is 0. The molecule has 0 spiro atoms. The van der Waals surface area contributed by atoms with Crippen LogP contribution < -0.4 is 0 Å². The zero-order chi connectivity index (χ0) is 14.3. The number of alkyl halides is 3. The van der Waals surface area contributed by atoms with Crippen molar-refractivity contribution in [3.05, 3.63) is 54.1 Å². The lowest BCUT2D eigenvalue weighted by Gasteiger charge is -2.06. The molecule has 0 aliphatic heterocycles. The summed E-state index contributed by atoms with van der Waals surface area (Å²) in [7, 11) is 0. The zero-order valence-corrected chi connectivity index (χ0v) is 9.89. The van der Waals surface area contributed by atoms with Crippen LogP contribution in [0.3, 0.4) is 0 Å². The van der Waals surface area contributed by atoms with Gasteiger partial charge in [-0.3, -0.25) is 0 Å². The lowest BCUT2D eigenvalue weighted by Crippen LogP contribution is -2.07. The molecule has 0 bridgehead atoms. The molecule has 7 heteroatoms. The van der Waals surface area contributed by atoms with Crippen molar-refractivity contribution in [2.75, 3.05) is 0 Å². The first-order chi connectivity index (χ1) is 9.45. The van der Waals surface area contributed by atoms with Crippen molar-refractivity contribution >= 4 is 11.0 Å². The van der Waals surface area contributed by atoms with E-state index in [1.54, 1.807) is 0 Å². The van der Waals surface area contributed by atoms with Gasteiger partial charge < -0.3 is 0 Å². The second-order valence-corrected chi connectivity index (χ2v) is 4.13. The van der Waals surface area contributed by atoms with Crippen LogP contribution in [0.1, 0.15) is 5.69 Å². The highest BCUT2D eigenvalue weighted by molar-refractivity contribution is 5.76. The number of benzene rings is 1. The summed E-state index contributed by atoms with van der Waals surface area (Å²) in [6.07, 6.45) is -3.25. The number of aromatic nitrogens is 3. The maximum absolute atomic E-state index is 12.9. The molecule has 102 valence electrons. The lowest BCUT2D eigenvalue weighted by atomic mass is 10.3. The first kappa shape index (κ1) is 12.6. The van der Waals surface area contributed by atoms with Crippen molar-refractivity contribution in [3.63, 3.8) is 0 Å². The van der Waals surface area contributed by atoms with E-state index in [9.17, 15) is 17.6 Å². The number of hydrogen-bond donors (Lipinski definition) is 0. The Morgan fingerprint density at radius 3 is 2.30 bits per heavy atom. The normalized spacial score (nSPS) is 12.0. The molecule has 2 heterocycles. The van der Waals surface area contributed by atoms with Gasteiger partial charge in [0.1, 0.15) is 17.0 Å². The summed E-state index contributed by atoms with van der Waals surface area (Å²) in [5, 5.41) is 3.98. The molecule has 3 aromatic rings. The van der Waals surface area contributed by atoms with Gasteiger partial charge in [-0.2, -0.15) is 18.3 Å². The Morgan fingerprint density at radius 2 is 1.65 bits per heavy atom. The molecule has 20 heavy (non-hydrogen) atoms. The number of rotatable bonds is 1. The number of hydrogen-bond acceptors (Lipinski definition) is 2. The molecule has 0 saturated carbocycles. The van der Waals surface area contributed by atoms with Gasteiger partial charge in [-0.15, -0.1) is 0 Å². The van der Waals surface area contributed by atoms with E-state index >= 15 is 0 Å². The molecule has 3 nitrogen and oxygen atoms in total. The Balaban J connectivity index is 2.13. The van der Waals surface area contributed by atoms with Crippen molar-refractivity contribution < 1.29 is 17.6 Å². The first-order valence-electron chi connectivity index (χ1n) is 5.63. The van der Waals surface area contributed by atoms with Gasteiger partial charge in [0, 0.05) is 0 Å². The fourth-order valence-electron chi connectivity index (χ4n) is 1.86. The number of halogens is 4. The van der Waals surface area contributed by atoms with Crippen LogP contribution in [0.15, 0.2) is 42.6 Å². The predicted molar refractivity (Wildman–Crippen MR) is 63.8 cm³/mol. The smallest absolute Gasteiger partial charge is 0.240 e. The quantitative estimate of drug-likeness (QED) is 0.638. The van der Waals surface area contributed by atoms with E-state index in [0.29, 0.717) is 11.2 Å². The van der Waals surface area contributed by atoms with Crippen LogP contribution in [0.2, 0.25) is 0 Å². The van der Waals surface area contributed by atoms with Crippen LogP contribution in [0.5, 0.6) is 0 Å². The first-order valence-corrected chi connectivity index (χ1v) is 5.63. The maximum Gasteiger partial charge on any atom is 0.433 e. The third kappa shape index (κ3) is 2.11. The summed E-state index contributed by atoms with van der Waals surface area (Å²) in [5.41, 5.74) is 0.125. The highest BCUT2D eigenvalue weighted by atomic mass is 19.4. The molecule has 0 aliphatic rings. The van der Waals surface area contributed by atoms with Crippen LogP contribution in [0, 0.1) is 5.82 Å². The van der Waals surface area contributed by atoms with Gasteiger partial charge in [-0.1, -0.05) is 0 Å². The molecule has 0 aliphatic carbocycles. The molecule has 2 aromatic heterocycles. The van der Waals surface area contributed by atoms with Crippen LogP contribution in [0.25, 0.3) is 16.7 Å². The van der Waals surface area contributed by atoms with Crippen molar-refractivity contribution in [3.8, 4) is 5.69 Å². The van der Waals surface area contributed by atoms with E-state index in [-0.39, 0.29) is 5.52 Å². The Labute approximate surface area is 110 Å². The SMILES string of the molecule is Fc1ccc(-n2ncc3nc(C(F)(F)F)ccc32)cc1. The average Bonchev–Trinajstić information content (AvgIpc) is 2.81. The summed E-state index contributed by atoms with van der Waals surface area (Å²) in [4.78, 5) is 3.53. The summed E-state index contributed by atoms with van der Waals surface area (Å²) < 4.78 is 51.9. The molecule has 0 amide bonds. The van der Waals surface area contributed by atoms with E-state index < -0.39 is 17.7 Å². The van der Waals surface area contributed by atoms with Crippen molar-refractivity contribution in [2.45, 2.75) is 6.18 Å². The Morgan fingerprint density at radius 1 is 0.950 bits per heavy atom. The molecule has 0 saturated heterocycles. The third-order valence-corrected chi connectivity index (χ3v) is 2.79. The molecular weight excluding hydrogens is 274 g/mol. The summed E-state index contributed by atoms with van der Waals surface area (Å²) in [6, 6.07) is 7.66. The highest BCUT2D eigenvalue weighted by Gasteiger charge is 2.32. The summed E-state index contributed by atoms with van der Waals surface area (Å²) in [5.74, 6) is -0.400. The van der Waals surface area contributed by atoms with Crippen molar-refractivity contribution in [1.82, 2.24) is 14.8 Å². The Hall–Kier alpha value is -2.44.